The molecule has 1 nitrogen and oxygen atoms in total. The maximum atomic E-state index is 3.78. The highest BCUT2D eigenvalue weighted by atomic mass is 32.2. The first-order chi connectivity index (χ1) is 7.88. The Morgan fingerprint density at radius 2 is 1.88 bits per heavy atom. The molecule has 2 heteroatoms. The van der Waals surface area contributed by atoms with Gasteiger partial charge in [0.05, 0.1) is 0 Å². The Morgan fingerprint density at radius 3 is 2.50 bits per heavy atom. The molecule has 0 aromatic carbocycles. The minimum absolute atomic E-state index is 0.789. The second kappa shape index (κ2) is 9.35. The highest BCUT2D eigenvalue weighted by Crippen LogP contribution is 2.28. The summed E-state index contributed by atoms with van der Waals surface area (Å²) in [5, 5.41) is 3.78. The molecule has 1 aliphatic carbocycles. The Kier molecular flexibility index (Phi) is 8.40. The van der Waals surface area contributed by atoms with E-state index in [2.05, 4.69) is 30.9 Å². The van der Waals surface area contributed by atoms with Crippen molar-refractivity contribution in [2.45, 2.75) is 64.8 Å². The molecule has 1 N–H and O–H groups in total. The first kappa shape index (κ1) is 14.4. The van der Waals surface area contributed by atoms with Gasteiger partial charge in [-0.15, -0.1) is 0 Å². The predicted molar refractivity (Wildman–Crippen MR) is 76.3 cm³/mol. The lowest BCUT2D eigenvalue weighted by atomic mass is 9.84. The van der Waals surface area contributed by atoms with Crippen LogP contribution in [0.4, 0.5) is 0 Å². The van der Waals surface area contributed by atoms with Crippen LogP contribution in [0.1, 0.15) is 58.8 Å². The molecule has 0 amide bonds. The molecule has 1 unspecified atom stereocenters. The zero-order valence-electron chi connectivity index (χ0n) is 11.1. The Balaban J connectivity index is 2.28. The van der Waals surface area contributed by atoms with E-state index < -0.39 is 0 Å². The van der Waals surface area contributed by atoms with Gasteiger partial charge in [0, 0.05) is 11.8 Å². The number of hydrogen-bond acceptors (Lipinski definition) is 2. The van der Waals surface area contributed by atoms with Crippen molar-refractivity contribution >= 4 is 11.8 Å². The lowest BCUT2D eigenvalue weighted by Gasteiger charge is -2.31. The van der Waals surface area contributed by atoms with Gasteiger partial charge in [-0.25, -0.2) is 0 Å². The predicted octanol–water partition coefficient (Wildman–Crippen LogP) is 4.08. The van der Waals surface area contributed by atoms with E-state index in [4.69, 9.17) is 0 Å². The largest absolute Gasteiger partial charge is 0.313 e. The van der Waals surface area contributed by atoms with Gasteiger partial charge in [0.2, 0.25) is 0 Å². The monoisotopic (exact) mass is 243 g/mol. The Hall–Kier alpha value is 0.310. The van der Waals surface area contributed by atoms with Crippen LogP contribution < -0.4 is 5.32 Å². The molecule has 1 atom stereocenters. The summed E-state index contributed by atoms with van der Waals surface area (Å²) >= 11 is 2.14. The van der Waals surface area contributed by atoms with Crippen LogP contribution >= 0.6 is 11.8 Å². The molecule has 0 radical (unpaired) electrons. The van der Waals surface area contributed by atoms with E-state index in [-0.39, 0.29) is 0 Å². The fourth-order valence-corrected chi connectivity index (χ4v) is 3.68. The molecule has 1 rings (SSSR count). The molecular weight excluding hydrogens is 214 g/mol. The van der Waals surface area contributed by atoms with Gasteiger partial charge in [-0.2, -0.15) is 11.8 Å². The molecule has 0 heterocycles. The average molecular weight is 243 g/mol. The van der Waals surface area contributed by atoms with Crippen molar-refractivity contribution in [1.29, 1.82) is 0 Å². The number of rotatable bonds is 8. The van der Waals surface area contributed by atoms with Gasteiger partial charge < -0.3 is 5.32 Å². The van der Waals surface area contributed by atoms with E-state index in [0.717, 1.165) is 12.0 Å². The maximum absolute atomic E-state index is 3.78. The number of hydrogen-bond donors (Lipinski definition) is 1. The summed E-state index contributed by atoms with van der Waals surface area (Å²) in [6.07, 6.45) is 9.92. The lowest BCUT2D eigenvalue weighted by molar-refractivity contribution is 0.285. The van der Waals surface area contributed by atoms with E-state index in [1.54, 1.807) is 0 Å². The van der Waals surface area contributed by atoms with Crippen molar-refractivity contribution < 1.29 is 0 Å². The van der Waals surface area contributed by atoms with Crippen molar-refractivity contribution in [2.75, 3.05) is 18.1 Å². The number of thioether (sulfide) groups is 1. The van der Waals surface area contributed by atoms with E-state index in [0.29, 0.717) is 0 Å². The van der Waals surface area contributed by atoms with Crippen molar-refractivity contribution in [1.82, 2.24) is 5.32 Å². The fourth-order valence-electron chi connectivity index (χ4n) is 2.58. The molecular formula is C14H29NS. The maximum Gasteiger partial charge on any atom is 0.0186 e. The summed E-state index contributed by atoms with van der Waals surface area (Å²) in [6.45, 7) is 5.75. The van der Waals surface area contributed by atoms with Gasteiger partial charge in [-0.3, -0.25) is 0 Å². The Labute approximate surface area is 106 Å². The van der Waals surface area contributed by atoms with Crippen molar-refractivity contribution in [3.8, 4) is 0 Å². The molecule has 0 aromatic rings. The third kappa shape index (κ3) is 5.58. The van der Waals surface area contributed by atoms with Gasteiger partial charge in [0.15, 0.2) is 0 Å². The normalized spacial score (nSPS) is 19.9. The van der Waals surface area contributed by atoms with Crippen molar-refractivity contribution in [2.24, 2.45) is 5.92 Å². The van der Waals surface area contributed by atoms with Gasteiger partial charge in [-0.1, -0.05) is 33.1 Å². The second-order valence-electron chi connectivity index (χ2n) is 5.03. The smallest absolute Gasteiger partial charge is 0.0186 e. The van der Waals surface area contributed by atoms with Crippen LogP contribution in [-0.2, 0) is 0 Å². The van der Waals surface area contributed by atoms with E-state index >= 15 is 0 Å². The molecule has 0 bridgehead atoms. The SMILES string of the molecule is CCCNC(CSCCC)C1CCCCC1. The third-order valence-corrected chi connectivity index (χ3v) is 4.81. The van der Waals surface area contributed by atoms with Gasteiger partial charge in [-0.05, 0) is 43.9 Å². The van der Waals surface area contributed by atoms with E-state index in [1.165, 1.54) is 63.0 Å². The third-order valence-electron chi connectivity index (χ3n) is 3.52. The van der Waals surface area contributed by atoms with Gasteiger partial charge in [0.25, 0.3) is 0 Å². The molecule has 16 heavy (non-hydrogen) atoms. The molecule has 0 aliphatic heterocycles. The summed E-state index contributed by atoms with van der Waals surface area (Å²) < 4.78 is 0. The van der Waals surface area contributed by atoms with Crippen LogP contribution in [0.25, 0.3) is 0 Å². The lowest BCUT2D eigenvalue weighted by Crippen LogP contribution is -2.39. The molecule has 0 aromatic heterocycles. The summed E-state index contributed by atoms with van der Waals surface area (Å²) in [6, 6.07) is 0.789. The fraction of sp³-hybridized carbons (Fsp3) is 1.00. The Morgan fingerprint density at radius 1 is 1.12 bits per heavy atom. The molecule has 96 valence electrons. The molecule has 1 fully saturated rings. The zero-order valence-corrected chi connectivity index (χ0v) is 12.0. The Bertz CT molecular complexity index is 155. The highest BCUT2D eigenvalue weighted by molar-refractivity contribution is 7.99. The van der Waals surface area contributed by atoms with Crippen molar-refractivity contribution in [3.63, 3.8) is 0 Å². The van der Waals surface area contributed by atoms with Crippen LogP contribution in [0.5, 0.6) is 0 Å². The first-order valence-electron chi connectivity index (χ1n) is 7.19. The van der Waals surface area contributed by atoms with E-state index in [9.17, 15) is 0 Å². The molecule has 0 spiro atoms. The number of nitrogens with one attached hydrogen (secondary N) is 1. The van der Waals surface area contributed by atoms with E-state index in [1.807, 2.05) is 0 Å². The molecule has 1 saturated carbocycles. The minimum Gasteiger partial charge on any atom is -0.313 e. The van der Waals surface area contributed by atoms with Gasteiger partial charge in [0.1, 0.15) is 0 Å². The minimum atomic E-state index is 0.789. The summed E-state index contributed by atoms with van der Waals surface area (Å²) in [5.74, 6) is 3.62. The average Bonchev–Trinajstić information content (AvgIpc) is 2.35. The summed E-state index contributed by atoms with van der Waals surface area (Å²) in [4.78, 5) is 0. The van der Waals surface area contributed by atoms with Gasteiger partial charge >= 0.3 is 0 Å². The highest BCUT2D eigenvalue weighted by Gasteiger charge is 2.22. The van der Waals surface area contributed by atoms with Crippen LogP contribution in [-0.4, -0.2) is 24.1 Å². The summed E-state index contributed by atoms with van der Waals surface area (Å²) in [7, 11) is 0. The van der Waals surface area contributed by atoms with Crippen LogP contribution in [0.15, 0.2) is 0 Å². The standard InChI is InChI=1S/C14H29NS/c1-3-10-15-14(12-16-11-4-2)13-8-6-5-7-9-13/h13-15H,3-12H2,1-2H3. The molecule has 0 saturated heterocycles. The topological polar surface area (TPSA) is 12.0 Å². The van der Waals surface area contributed by atoms with Crippen LogP contribution in [0.2, 0.25) is 0 Å². The molecule has 1 aliphatic rings. The van der Waals surface area contributed by atoms with Crippen LogP contribution in [0.3, 0.4) is 0 Å². The second-order valence-corrected chi connectivity index (χ2v) is 6.18. The first-order valence-corrected chi connectivity index (χ1v) is 8.35. The summed E-state index contributed by atoms with van der Waals surface area (Å²) in [5.41, 5.74) is 0. The van der Waals surface area contributed by atoms with Crippen molar-refractivity contribution in [3.05, 3.63) is 0 Å². The van der Waals surface area contributed by atoms with Crippen LogP contribution in [0, 0.1) is 5.92 Å². The quantitative estimate of drug-likeness (QED) is 0.645. The zero-order chi connectivity index (χ0) is 11.6.